The normalized spacial score (nSPS) is 16.0. The van der Waals surface area contributed by atoms with E-state index in [1.54, 1.807) is 0 Å². The highest BCUT2D eigenvalue weighted by Gasteiger charge is 2.22. The van der Waals surface area contributed by atoms with Crippen LogP contribution in [0.15, 0.2) is 48.7 Å². The smallest absolute Gasteiger partial charge is 0.141 e. The molecule has 1 fully saturated rings. The summed E-state index contributed by atoms with van der Waals surface area (Å²) in [4.78, 5) is 9.61. The number of nitrogens with zero attached hydrogens (tertiary/aromatic N) is 4. The molecule has 0 saturated carbocycles. The summed E-state index contributed by atoms with van der Waals surface area (Å²) in [6, 6.07) is 15.0. The highest BCUT2D eigenvalue weighted by Crippen LogP contribution is 2.30. The lowest BCUT2D eigenvalue weighted by atomic mass is 10.2. The summed E-state index contributed by atoms with van der Waals surface area (Å²) >= 11 is 0. The summed E-state index contributed by atoms with van der Waals surface area (Å²) in [7, 11) is 2.13. The number of anilines is 1. The zero-order valence-electron chi connectivity index (χ0n) is 14.4. The van der Waals surface area contributed by atoms with Crippen LogP contribution in [0.2, 0.25) is 0 Å². The second-order valence-corrected chi connectivity index (χ2v) is 6.63. The molecule has 4 rings (SSSR count). The average molecular weight is 320 g/mol. The van der Waals surface area contributed by atoms with Gasteiger partial charge in [-0.2, -0.15) is 0 Å². The van der Waals surface area contributed by atoms with Gasteiger partial charge >= 0.3 is 0 Å². The first-order chi connectivity index (χ1) is 11.7. The molecular weight excluding hydrogens is 296 g/mol. The standard InChI is InChI=1S/C20H24N4/c1-16-18-9-6-10-21-19(18)22(2)20(16)24-13-11-23(12-14-24)15-17-7-4-3-5-8-17/h3-10H,11-15H2,1-2H3. The van der Waals surface area contributed by atoms with Crippen molar-refractivity contribution < 1.29 is 0 Å². The van der Waals surface area contributed by atoms with Crippen molar-refractivity contribution in [2.24, 2.45) is 7.05 Å². The fourth-order valence-corrected chi connectivity index (χ4v) is 3.84. The van der Waals surface area contributed by atoms with Crippen molar-refractivity contribution in [1.82, 2.24) is 14.5 Å². The summed E-state index contributed by atoms with van der Waals surface area (Å²) < 4.78 is 2.25. The van der Waals surface area contributed by atoms with Crippen molar-refractivity contribution in [3.63, 3.8) is 0 Å². The van der Waals surface area contributed by atoms with E-state index in [4.69, 9.17) is 0 Å². The Kier molecular flexibility index (Phi) is 3.98. The maximum absolute atomic E-state index is 4.55. The minimum atomic E-state index is 1.05. The van der Waals surface area contributed by atoms with E-state index in [-0.39, 0.29) is 0 Å². The Morgan fingerprint density at radius 2 is 1.71 bits per heavy atom. The highest BCUT2D eigenvalue weighted by molar-refractivity contribution is 5.86. The lowest BCUT2D eigenvalue weighted by molar-refractivity contribution is 0.249. The third-order valence-corrected chi connectivity index (χ3v) is 5.08. The molecule has 0 spiro atoms. The Balaban J connectivity index is 1.50. The molecular formula is C20H24N4. The number of pyridine rings is 1. The molecule has 3 aromatic rings. The van der Waals surface area contributed by atoms with E-state index < -0.39 is 0 Å². The van der Waals surface area contributed by atoms with Crippen molar-refractivity contribution in [3.8, 4) is 0 Å². The van der Waals surface area contributed by atoms with Gasteiger partial charge in [-0.25, -0.2) is 4.98 Å². The molecule has 4 nitrogen and oxygen atoms in total. The van der Waals surface area contributed by atoms with E-state index in [0.29, 0.717) is 0 Å². The molecule has 0 aliphatic carbocycles. The zero-order chi connectivity index (χ0) is 16.5. The fourth-order valence-electron chi connectivity index (χ4n) is 3.84. The Bertz CT molecular complexity index is 790. The van der Waals surface area contributed by atoms with Gasteiger partial charge in [0.05, 0.1) is 0 Å². The largest absolute Gasteiger partial charge is 0.355 e. The van der Waals surface area contributed by atoms with E-state index in [0.717, 1.165) is 38.4 Å². The number of hydrogen-bond donors (Lipinski definition) is 0. The fraction of sp³-hybridized carbons (Fsp3) is 0.350. The van der Waals surface area contributed by atoms with Gasteiger partial charge in [-0.15, -0.1) is 0 Å². The van der Waals surface area contributed by atoms with Gasteiger partial charge in [0.1, 0.15) is 11.5 Å². The molecule has 1 aromatic carbocycles. The summed E-state index contributed by atoms with van der Waals surface area (Å²) in [5, 5.41) is 1.27. The van der Waals surface area contributed by atoms with Crippen LogP contribution in [-0.2, 0) is 13.6 Å². The van der Waals surface area contributed by atoms with Gasteiger partial charge in [-0.1, -0.05) is 30.3 Å². The van der Waals surface area contributed by atoms with Crippen LogP contribution in [0.1, 0.15) is 11.1 Å². The number of aryl methyl sites for hydroxylation is 2. The quantitative estimate of drug-likeness (QED) is 0.741. The summed E-state index contributed by atoms with van der Waals surface area (Å²) in [6.45, 7) is 7.60. The first-order valence-electron chi connectivity index (χ1n) is 8.65. The molecule has 3 heterocycles. The minimum Gasteiger partial charge on any atom is -0.355 e. The van der Waals surface area contributed by atoms with Crippen LogP contribution in [0.3, 0.4) is 0 Å². The van der Waals surface area contributed by atoms with Crippen LogP contribution in [-0.4, -0.2) is 40.6 Å². The molecule has 0 N–H and O–H groups in total. The first-order valence-corrected chi connectivity index (χ1v) is 8.65. The summed E-state index contributed by atoms with van der Waals surface area (Å²) in [5.41, 5.74) is 3.82. The topological polar surface area (TPSA) is 24.3 Å². The highest BCUT2D eigenvalue weighted by atomic mass is 15.3. The number of fused-ring (bicyclic) bond motifs is 1. The maximum Gasteiger partial charge on any atom is 0.141 e. The number of benzene rings is 1. The summed E-state index contributed by atoms with van der Waals surface area (Å²) in [5.74, 6) is 1.32. The molecule has 0 radical (unpaired) electrons. The van der Waals surface area contributed by atoms with Crippen LogP contribution in [0, 0.1) is 6.92 Å². The van der Waals surface area contributed by atoms with Gasteiger partial charge in [-0.05, 0) is 24.6 Å². The second-order valence-electron chi connectivity index (χ2n) is 6.63. The molecule has 4 heteroatoms. The molecule has 0 amide bonds. The minimum absolute atomic E-state index is 1.05. The van der Waals surface area contributed by atoms with Crippen LogP contribution in [0.25, 0.3) is 11.0 Å². The van der Waals surface area contributed by atoms with Gasteiger partial charge in [0, 0.05) is 56.9 Å². The molecule has 1 aliphatic heterocycles. The predicted molar refractivity (Wildman–Crippen MR) is 99.4 cm³/mol. The lowest BCUT2D eigenvalue weighted by Gasteiger charge is -2.36. The Morgan fingerprint density at radius 3 is 2.42 bits per heavy atom. The van der Waals surface area contributed by atoms with Gasteiger partial charge in [-0.3, -0.25) is 4.90 Å². The van der Waals surface area contributed by atoms with Gasteiger partial charge in [0.2, 0.25) is 0 Å². The van der Waals surface area contributed by atoms with E-state index in [2.05, 4.69) is 69.7 Å². The van der Waals surface area contributed by atoms with E-state index in [1.165, 1.54) is 22.3 Å². The van der Waals surface area contributed by atoms with E-state index >= 15 is 0 Å². The Labute approximate surface area is 143 Å². The van der Waals surface area contributed by atoms with Crippen LogP contribution in [0.5, 0.6) is 0 Å². The van der Waals surface area contributed by atoms with Gasteiger partial charge < -0.3 is 9.47 Å². The van der Waals surface area contributed by atoms with Gasteiger partial charge in [0.15, 0.2) is 0 Å². The van der Waals surface area contributed by atoms with Crippen LogP contribution < -0.4 is 4.90 Å². The predicted octanol–water partition coefficient (Wildman–Crippen LogP) is 3.20. The lowest BCUT2D eigenvalue weighted by Crippen LogP contribution is -2.46. The molecule has 0 atom stereocenters. The van der Waals surface area contributed by atoms with E-state index in [1.807, 2.05) is 12.3 Å². The number of piperazine rings is 1. The summed E-state index contributed by atoms with van der Waals surface area (Å²) in [6.07, 6.45) is 1.88. The third-order valence-electron chi connectivity index (χ3n) is 5.08. The van der Waals surface area contributed by atoms with Crippen LogP contribution >= 0.6 is 0 Å². The van der Waals surface area contributed by atoms with Crippen molar-refractivity contribution in [2.45, 2.75) is 13.5 Å². The first kappa shape index (κ1) is 15.2. The van der Waals surface area contributed by atoms with Crippen molar-refractivity contribution >= 4 is 16.9 Å². The molecule has 1 aliphatic rings. The second kappa shape index (κ2) is 6.29. The van der Waals surface area contributed by atoms with Crippen molar-refractivity contribution in [3.05, 3.63) is 59.8 Å². The number of aromatic nitrogens is 2. The molecule has 0 unspecified atom stereocenters. The third kappa shape index (κ3) is 2.67. The van der Waals surface area contributed by atoms with E-state index in [9.17, 15) is 0 Å². The SMILES string of the molecule is Cc1c(N2CCN(Cc3ccccc3)CC2)n(C)c2ncccc12. The van der Waals surface area contributed by atoms with Crippen molar-refractivity contribution in [2.75, 3.05) is 31.1 Å². The maximum atomic E-state index is 4.55. The molecule has 0 bridgehead atoms. The monoisotopic (exact) mass is 320 g/mol. The molecule has 2 aromatic heterocycles. The Morgan fingerprint density at radius 1 is 0.958 bits per heavy atom. The Hall–Kier alpha value is -2.33. The van der Waals surface area contributed by atoms with Crippen LogP contribution in [0.4, 0.5) is 5.82 Å². The molecule has 124 valence electrons. The average Bonchev–Trinajstić information content (AvgIpc) is 2.88. The number of hydrogen-bond acceptors (Lipinski definition) is 3. The molecule has 1 saturated heterocycles. The molecule has 24 heavy (non-hydrogen) atoms. The zero-order valence-corrected chi connectivity index (χ0v) is 14.4. The van der Waals surface area contributed by atoms with Crippen molar-refractivity contribution in [1.29, 1.82) is 0 Å². The van der Waals surface area contributed by atoms with Gasteiger partial charge in [0.25, 0.3) is 0 Å². The number of rotatable bonds is 3.